The van der Waals surface area contributed by atoms with Crippen molar-refractivity contribution in [3.8, 4) is 11.5 Å². The quantitative estimate of drug-likeness (QED) is 0.0242. The van der Waals surface area contributed by atoms with Gasteiger partial charge in [0.2, 0.25) is 0 Å². The van der Waals surface area contributed by atoms with Gasteiger partial charge in [-0.1, -0.05) is 114 Å². The van der Waals surface area contributed by atoms with Crippen LogP contribution < -0.4 is 9.47 Å². The van der Waals surface area contributed by atoms with Gasteiger partial charge in [-0.15, -0.1) is 0 Å². The van der Waals surface area contributed by atoms with E-state index in [9.17, 15) is 9.59 Å². The summed E-state index contributed by atoms with van der Waals surface area (Å²) in [6.07, 6.45) is 24.3. The predicted octanol–water partition coefficient (Wildman–Crippen LogP) is 15.0. The lowest BCUT2D eigenvalue weighted by Gasteiger charge is -2.10. The number of hydrogen-bond donors (Lipinski definition) is 0. The van der Waals surface area contributed by atoms with Gasteiger partial charge in [-0.05, 0) is 159 Å². The number of carbonyl (C=O) groups excluding carboxylic acids is 2. The third-order valence-corrected chi connectivity index (χ3v) is 11.4. The van der Waals surface area contributed by atoms with Gasteiger partial charge in [0.25, 0.3) is 0 Å². The predicted molar refractivity (Wildman–Crippen MR) is 271 cm³/mol. The van der Waals surface area contributed by atoms with Gasteiger partial charge in [-0.2, -0.15) is 0 Å². The number of aryl methyl sites for hydroxylation is 2. The number of esters is 2. The lowest BCUT2D eigenvalue weighted by molar-refractivity contribution is 0.0447. The Hall–Kier alpha value is -6.02. The Morgan fingerprint density at radius 1 is 0.409 bits per heavy atom. The highest BCUT2D eigenvalue weighted by Gasteiger charge is 2.19. The monoisotopic (exact) mass is 893 g/mol. The summed E-state index contributed by atoms with van der Waals surface area (Å²) in [5, 5.41) is 0. The van der Waals surface area contributed by atoms with Gasteiger partial charge in [0.15, 0.2) is 0 Å². The van der Waals surface area contributed by atoms with Crippen LogP contribution in [0.3, 0.4) is 0 Å². The zero-order valence-electron chi connectivity index (χ0n) is 39.6. The molecule has 0 amide bonds. The van der Waals surface area contributed by atoms with E-state index in [4.69, 9.17) is 18.9 Å². The van der Waals surface area contributed by atoms with Crippen LogP contribution in [0, 0.1) is 0 Å². The van der Waals surface area contributed by atoms with Gasteiger partial charge in [-0.3, -0.25) is 9.98 Å². The number of hydrogen-bond acceptors (Lipinski definition) is 8. The third kappa shape index (κ3) is 20.0. The van der Waals surface area contributed by atoms with E-state index in [0.29, 0.717) is 38.9 Å². The first-order chi connectivity index (χ1) is 32.5. The summed E-state index contributed by atoms with van der Waals surface area (Å²) in [5.41, 5.74) is 6.99. The molecule has 8 heteroatoms. The minimum absolute atomic E-state index is 0.191. The van der Waals surface area contributed by atoms with Crippen molar-refractivity contribution in [1.82, 2.24) is 0 Å². The van der Waals surface area contributed by atoms with E-state index in [0.717, 1.165) is 46.8 Å². The Morgan fingerprint density at radius 2 is 0.773 bits per heavy atom. The molecule has 0 saturated heterocycles. The van der Waals surface area contributed by atoms with Crippen LogP contribution >= 0.6 is 0 Å². The smallest absolute Gasteiger partial charge is 0.339 e. The van der Waals surface area contributed by atoms with E-state index in [-0.39, 0.29) is 24.3 Å². The zero-order valence-corrected chi connectivity index (χ0v) is 39.6. The van der Waals surface area contributed by atoms with Crippen molar-refractivity contribution in [2.24, 2.45) is 9.98 Å². The van der Waals surface area contributed by atoms with E-state index in [1.807, 2.05) is 61.0 Å². The molecule has 0 unspecified atom stereocenters. The second kappa shape index (κ2) is 31.0. The lowest BCUT2D eigenvalue weighted by atomic mass is 10.0. The molecule has 0 heterocycles. The molecule has 0 aromatic heterocycles. The first-order valence-electron chi connectivity index (χ1n) is 24.7. The summed E-state index contributed by atoms with van der Waals surface area (Å²) in [4.78, 5) is 35.1. The van der Waals surface area contributed by atoms with Gasteiger partial charge in [0.05, 0.1) is 48.9 Å². The number of ether oxygens (including phenoxy) is 4. The second-order valence-electron chi connectivity index (χ2n) is 17.0. The normalized spacial score (nSPS) is 11.3. The van der Waals surface area contributed by atoms with Gasteiger partial charge < -0.3 is 18.9 Å². The summed E-state index contributed by atoms with van der Waals surface area (Å²) < 4.78 is 22.8. The van der Waals surface area contributed by atoms with E-state index in [2.05, 4.69) is 72.4 Å². The molecule has 0 aliphatic carbocycles. The molecule has 0 radical (unpaired) electrons. The van der Waals surface area contributed by atoms with Gasteiger partial charge in [0, 0.05) is 12.4 Å². The number of carbonyl (C=O) groups is 2. The second-order valence-corrected chi connectivity index (χ2v) is 17.0. The van der Waals surface area contributed by atoms with E-state index >= 15 is 0 Å². The van der Waals surface area contributed by atoms with Crippen LogP contribution in [0.5, 0.6) is 11.5 Å². The maximum absolute atomic E-state index is 12.9. The van der Waals surface area contributed by atoms with Crippen molar-refractivity contribution in [1.29, 1.82) is 0 Å². The lowest BCUT2D eigenvalue weighted by Crippen LogP contribution is -2.15. The SMILES string of the molecule is CCCCCCCCc1ccc(N=Cc2ccc(OCCCCOC(=O)c3ccccc3C(=O)OCCCCOc3ccc(C=Nc4ccc(CCCCCCCC)cc4)cc3)cc2)cc1. The Balaban J connectivity index is 0.903. The Labute approximate surface area is 394 Å². The number of benzene rings is 5. The number of rotatable bonds is 32. The Kier molecular flexibility index (Phi) is 23.9. The summed E-state index contributed by atoms with van der Waals surface area (Å²) in [6.45, 7) is 5.91. The molecule has 5 aromatic carbocycles. The van der Waals surface area contributed by atoms with E-state index < -0.39 is 11.9 Å². The molecule has 350 valence electrons. The molecule has 0 aliphatic rings. The summed E-state index contributed by atoms with van der Waals surface area (Å²) in [7, 11) is 0. The standard InChI is InChI=1S/C58H72N2O6/c1-3-5-7-9-11-13-21-47-25-33-51(34-26-47)59-45-49-29-37-53(38-30-49)63-41-17-19-43-65-57(61)55-23-15-16-24-56(55)58(62)66-44-20-18-42-64-54-39-31-50(32-40-54)46-60-52-35-27-48(28-36-52)22-14-12-10-8-6-4-2/h15-16,23-40,45-46H,3-14,17-22,41-44H2,1-2H3. The first-order valence-corrected chi connectivity index (χ1v) is 24.7. The van der Waals surface area contributed by atoms with Crippen molar-refractivity contribution in [2.45, 2.75) is 129 Å². The number of unbranched alkanes of at least 4 members (excludes halogenated alkanes) is 12. The van der Waals surface area contributed by atoms with E-state index in [1.54, 1.807) is 24.3 Å². The molecular weight excluding hydrogens is 821 g/mol. The molecule has 8 nitrogen and oxygen atoms in total. The van der Waals surface area contributed by atoms with Crippen LogP contribution in [-0.2, 0) is 22.3 Å². The molecule has 5 aromatic rings. The topological polar surface area (TPSA) is 95.8 Å². The number of aliphatic imine (C=N–C) groups is 2. The molecule has 5 rings (SSSR count). The minimum Gasteiger partial charge on any atom is -0.494 e. The Morgan fingerprint density at radius 3 is 1.17 bits per heavy atom. The summed E-state index contributed by atoms with van der Waals surface area (Å²) >= 11 is 0. The van der Waals surface area contributed by atoms with Crippen LogP contribution in [0.2, 0.25) is 0 Å². The van der Waals surface area contributed by atoms with Crippen molar-refractivity contribution in [3.63, 3.8) is 0 Å². The first kappa shape index (κ1) is 51.0. The minimum atomic E-state index is -0.553. The van der Waals surface area contributed by atoms with Crippen LogP contribution in [0.4, 0.5) is 11.4 Å². The van der Waals surface area contributed by atoms with Crippen molar-refractivity contribution >= 4 is 35.7 Å². The maximum atomic E-state index is 12.9. The molecule has 0 N–H and O–H groups in total. The summed E-state index contributed by atoms with van der Waals surface area (Å²) in [6, 6.07) is 39.3. The van der Waals surface area contributed by atoms with Gasteiger partial charge in [-0.25, -0.2) is 9.59 Å². The van der Waals surface area contributed by atoms with Crippen molar-refractivity contribution in [2.75, 3.05) is 26.4 Å². The average molecular weight is 893 g/mol. The zero-order chi connectivity index (χ0) is 46.3. The Bertz CT molecular complexity index is 2010. The van der Waals surface area contributed by atoms with Gasteiger partial charge >= 0.3 is 11.9 Å². The van der Waals surface area contributed by atoms with Crippen LogP contribution in [0.25, 0.3) is 0 Å². The van der Waals surface area contributed by atoms with E-state index in [1.165, 1.54) is 88.2 Å². The molecule has 0 aliphatic heterocycles. The molecule has 0 fully saturated rings. The average Bonchev–Trinajstić information content (AvgIpc) is 3.35. The highest BCUT2D eigenvalue weighted by atomic mass is 16.5. The highest BCUT2D eigenvalue weighted by Crippen LogP contribution is 2.20. The molecule has 0 bridgehead atoms. The maximum Gasteiger partial charge on any atom is 0.339 e. The fourth-order valence-electron chi connectivity index (χ4n) is 7.43. The largest absolute Gasteiger partial charge is 0.494 e. The molecule has 66 heavy (non-hydrogen) atoms. The fourth-order valence-corrected chi connectivity index (χ4v) is 7.43. The molecule has 0 saturated carbocycles. The summed E-state index contributed by atoms with van der Waals surface area (Å²) in [5.74, 6) is 0.433. The van der Waals surface area contributed by atoms with Crippen molar-refractivity contribution in [3.05, 3.63) is 155 Å². The van der Waals surface area contributed by atoms with Gasteiger partial charge in [0.1, 0.15) is 11.5 Å². The molecule has 0 atom stereocenters. The third-order valence-electron chi connectivity index (χ3n) is 11.4. The molecular formula is C58H72N2O6. The van der Waals surface area contributed by atoms with Crippen LogP contribution in [0.1, 0.15) is 160 Å². The number of nitrogens with zero attached hydrogens (tertiary/aromatic N) is 2. The molecule has 0 spiro atoms. The van der Waals surface area contributed by atoms with Crippen LogP contribution in [0.15, 0.2) is 131 Å². The van der Waals surface area contributed by atoms with Crippen LogP contribution in [-0.4, -0.2) is 50.8 Å². The fraction of sp³-hybridized carbons (Fsp3) is 0.414. The van der Waals surface area contributed by atoms with Crippen molar-refractivity contribution < 1.29 is 28.5 Å². The highest BCUT2D eigenvalue weighted by molar-refractivity contribution is 6.03.